The van der Waals surface area contributed by atoms with Gasteiger partial charge in [0.2, 0.25) is 0 Å². The molecular weight excluding hydrogens is 280 g/mol. The highest BCUT2D eigenvalue weighted by Crippen LogP contribution is 2.12. The molecule has 0 radical (unpaired) electrons. The number of benzene rings is 1. The van der Waals surface area contributed by atoms with Crippen molar-refractivity contribution in [2.24, 2.45) is 0 Å². The predicted molar refractivity (Wildman–Crippen MR) is 88.4 cm³/mol. The highest BCUT2D eigenvalue weighted by atomic mass is 16.5. The molecule has 0 aromatic heterocycles. The van der Waals surface area contributed by atoms with Gasteiger partial charge in [0.05, 0.1) is 32.7 Å². The Labute approximate surface area is 133 Å². The minimum Gasteiger partial charge on any atom is -0.502 e. The van der Waals surface area contributed by atoms with Gasteiger partial charge in [0.1, 0.15) is 5.76 Å². The van der Waals surface area contributed by atoms with Crippen molar-refractivity contribution in [1.29, 1.82) is 0 Å². The van der Waals surface area contributed by atoms with E-state index in [4.69, 9.17) is 18.9 Å². The molecule has 0 fully saturated rings. The van der Waals surface area contributed by atoms with Crippen LogP contribution in [-0.4, -0.2) is 39.6 Å². The molecule has 0 bridgehead atoms. The van der Waals surface area contributed by atoms with E-state index in [1.807, 2.05) is 30.3 Å². The monoisotopic (exact) mass is 306 g/mol. The van der Waals surface area contributed by atoms with Gasteiger partial charge in [0.25, 0.3) is 0 Å². The van der Waals surface area contributed by atoms with E-state index in [0.717, 1.165) is 18.4 Å². The summed E-state index contributed by atoms with van der Waals surface area (Å²) in [6, 6.07) is 9.87. The first kappa shape index (κ1) is 18.3. The first-order valence-corrected chi connectivity index (χ1v) is 7.59. The summed E-state index contributed by atoms with van der Waals surface area (Å²) in [5.74, 6) is 0.700. The molecule has 0 atom stereocenters. The van der Waals surface area contributed by atoms with E-state index in [2.05, 4.69) is 13.2 Å². The Morgan fingerprint density at radius 2 is 1.50 bits per heavy atom. The van der Waals surface area contributed by atoms with Crippen LogP contribution in [0, 0.1) is 0 Å². The number of ether oxygens (including phenoxy) is 4. The highest BCUT2D eigenvalue weighted by Gasteiger charge is 1.98. The Morgan fingerprint density at radius 3 is 2.14 bits per heavy atom. The van der Waals surface area contributed by atoms with Crippen molar-refractivity contribution in [2.45, 2.75) is 12.8 Å². The van der Waals surface area contributed by atoms with Crippen LogP contribution >= 0.6 is 0 Å². The van der Waals surface area contributed by atoms with Crippen LogP contribution in [0.15, 0.2) is 49.8 Å². The maximum atomic E-state index is 5.58. The van der Waals surface area contributed by atoms with Gasteiger partial charge in [0, 0.05) is 31.6 Å². The minimum absolute atomic E-state index is 0.599. The van der Waals surface area contributed by atoms with Crippen molar-refractivity contribution in [3.05, 3.63) is 55.3 Å². The summed E-state index contributed by atoms with van der Waals surface area (Å²) in [7, 11) is 0. The molecule has 0 amide bonds. The fourth-order valence-corrected chi connectivity index (χ4v) is 1.71. The maximum Gasteiger partial charge on any atom is 0.119 e. The topological polar surface area (TPSA) is 36.9 Å². The molecule has 0 saturated heterocycles. The van der Waals surface area contributed by atoms with Crippen LogP contribution in [-0.2, 0) is 18.9 Å². The molecule has 0 saturated carbocycles. The van der Waals surface area contributed by atoms with Gasteiger partial charge in [-0.1, -0.05) is 43.5 Å². The average molecular weight is 306 g/mol. The SMILES string of the molecule is C=COCCCOCCOCCCOC(=C)c1ccccc1. The number of hydrogen-bond donors (Lipinski definition) is 0. The van der Waals surface area contributed by atoms with Gasteiger partial charge in [-0.25, -0.2) is 0 Å². The fourth-order valence-electron chi connectivity index (χ4n) is 1.71. The van der Waals surface area contributed by atoms with E-state index in [-0.39, 0.29) is 0 Å². The van der Waals surface area contributed by atoms with Crippen LogP contribution in [0.5, 0.6) is 0 Å². The van der Waals surface area contributed by atoms with Crippen LogP contribution < -0.4 is 0 Å². The fraction of sp³-hybridized carbons (Fsp3) is 0.444. The second-order valence-corrected chi connectivity index (χ2v) is 4.61. The van der Waals surface area contributed by atoms with Crippen LogP contribution in [0.25, 0.3) is 5.76 Å². The predicted octanol–water partition coefficient (Wildman–Crippen LogP) is 3.65. The van der Waals surface area contributed by atoms with Crippen LogP contribution in [0.1, 0.15) is 18.4 Å². The lowest BCUT2D eigenvalue weighted by Crippen LogP contribution is -2.08. The summed E-state index contributed by atoms with van der Waals surface area (Å²) < 4.78 is 21.4. The van der Waals surface area contributed by atoms with Crippen LogP contribution in [0.4, 0.5) is 0 Å². The highest BCUT2D eigenvalue weighted by molar-refractivity contribution is 5.56. The zero-order valence-corrected chi connectivity index (χ0v) is 13.2. The molecule has 0 aliphatic rings. The molecule has 122 valence electrons. The zero-order valence-electron chi connectivity index (χ0n) is 13.2. The molecular formula is C18H26O4. The summed E-state index contributed by atoms with van der Waals surface area (Å²) in [6.07, 6.45) is 3.14. The van der Waals surface area contributed by atoms with Gasteiger partial charge in [-0.2, -0.15) is 0 Å². The van der Waals surface area contributed by atoms with Gasteiger partial charge in [0.15, 0.2) is 0 Å². The molecule has 0 spiro atoms. The Balaban J connectivity index is 1.86. The molecule has 0 heterocycles. The summed E-state index contributed by atoms with van der Waals surface area (Å²) >= 11 is 0. The Morgan fingerprint density at radius 1 is 0.864 bits per heavy atom. The second-order valence-electron chi connectivity index (χ2n) is 4.61. The van der Waals surface area contributed by atoms with E-state index in [0.29, 0.717) is 45.4 Å². The van der Waals surface area contributed by atoms with Gasteiger partial charge >= 0.3 is 0 Å². The third-order valence-corrected chi connectivity index (χ3v) is 2.85. The first-order valence-electron chi connectivity index (χ1n) is 7.59. The third kappa shape index (κ3) is 9.21. The molecule has 0 aliphatic carbocycles. The van der Waals surface area contributed by atoms with E-state index in [9.17, 15) is 0 Å². The Hall–Kier alpha value is -1.78. The molecule has 1 aromatic rings. The van der Waals surface area contributed by atoms with Crippen molar-refractivity contribution in [1.82, 2.24) is 0 Å². The molecule has 0 unspecified atom stereocenters. The normalized spacial score (nSPS) is 10.2. The van der Waals surface area contributed by atoms with Gasteiger partial charge in [-0.3, -0.25) is 0 Å². The second kappa shape index (κ2) is 12.9. The van der Waals surface area contributed by atoms with E-state index in [1.54, 1.807) is 0 Å². The van der Waals surface area contributed by atoms with Crippen LogP contribution in [0.3, 0.4) is 0 Å². The number of rotatable bonds is 14. The van der Waals surface area contributed by atoms with Crippen LogP contribution in [0.2, 0.25) is 0 Å². The van der Waals surface area contributed by atoms with Crippen molar-refractivity contribution >= 4 is 5.76 Å². The molecule has 4 heteroatoms. The van der Waals surface area contributed by atoms with Gasteiger partial charge in [-0.05, 0) is 0 Å². The molecule has 4 nitrogen and oxygen atoms in total. The quantitative estimate of drug-likeness (QED) is 0.388. The molecule has 22 heavy (non-hydrogen) atoms. The van der Waals surface area contributed by atoms with Crippen molar-refractivity contribution in [2.75, 3.05) is 39.6 Å². The van der Waals surface area contributed by atoms with Crippen molar-refractivity contribution < 1.29 is 18.9 Å². The Bertz CT molecular complexity index is 403. The standard InChI is InChI=1S/C18H26O4/c1-3-19-11-7-12-20-15-16-21-13-8-14-22-17(2)18-9-5-4-6-10-18/h3-6,9-10H,1-2,7-8,11-16H2. The average Bonchev–Trinajstić information content (AvgIpc) is 2.56. The lowest BCUT2D eigenvalue weighted by molar-refractivity contribution is 0.0373. The lowest BCUT2D eigenvalue weighted by Gasteiger charge is -2.09. The van der Waals surface area contributed by atoms with Crippen molar-refractivity contribution in [3.63, 3.8) is 0 Å². The molecule has 0 N–H and O–H groups in total. The maximum absolute atomic E-state index is 5.58. The van der Waals surface area contributed by atoms with Gasteiger partial charge in [-0.15, -0.1) is 0 Å². The number of hydrogen-bond acceptors (Lipinski definition) is 4. The Kier molecular flexibility index (Phi) is 10.7. The molecule has 1 rings (SSSR count). The van der Waals surface area contributed by atoms with E-state index < -0.39 is 0 Å². The largest absolute Gasteiger partial charge is 0.502 e. The van der Waals surface area contributed by atoms with Gasteiger partial charge < -0.3 is 18.9 Å². The van der Waals surface area contributed by atoms with E-state index >= 15 is 0 Å². The summed E-state index contributed by atoms with van der Waals surface area (Å²) in [5.41, 5.74) is 1.01. The van der Waals surface area contributed by atoms with Crippen molar-refractivity contribution in [3.8, 4) is 0 Å². The summed E-state index contributed by atoms with van der Waals surface area (Å²) in [6.45, 7) is 11.2. The molecule has 0 aliphatic heterocycles. The zero-order chi connectivity index (χ0) is 15.9. The first-order chi connectivity index (χ1) is 10.8. The summed E-state index contributed by atoms with van der Waals surface area (Å²) in [4.78, 5) is 0. The third-order valence-electron chi connectivity index (χ3n) is 2.85. The molecule has 1 aromatic carbocycles. The lowest BCUT2D eigenvalue weighted by atomic mass is 10.2. The van der Waals surface area contributed by atoms with E-state index in [1.165, 1.54) is 6.26 Å². The minimum atomic E-state index is 0.599. The summed E-state index contributed by atoms with van der Waals surface area (Å²) in [5, 5.41) is 0. The smallest absolute Gasteiger partial charge is 0.119 e.